The van der Waals surface area contributed by atoms with Gasteiger partial charge in [-0.25, -0.2) is 0 Å². The van der Waals surface area contributed by atoms with Crippen LogP contribution < -0.4 is 10.1 Å². The highest BCUT2D eigenvalue weighted by molar-refractivity contribution is 5.73. The van der Waals surface area contributed by atoms with E-state index in [0.29, 0.717) is 37.6 Å². The number of alkyl halides is 3. The lowest BCUT2D eigenvalue weighted by atomic mass is 9.92. The maximum absolute atomic E-state index is 12.5. The van der Waals surface area contributed by atoms with Crippen LogP contribution in [0.5, 0.6) is 11.5 Å². The average molecular weight is 439 g/mol. The Morgan fingerprint density at radius 3 is 2.52 bits per heavy atom. The number of nitrogens with zero attached hydrogens (tertiary/aromatic N) is 2. The second-order valence-corrected chi connectivity index (χ2v) is 7.80. The maximum Gasteiger partial charge on any atom is 0.573 e. The molecule has 1 aliphatic carbocycles. The van der Waals surface area contributed by atoms with Crippen LogP contribution in [-0.2, 0) is 17.6 Å². The Hall–Kier alpha value is -2.59. The van der Waals surface area contributed by atoms with Gasteiger partial charge in [-0.1, -0.05) is 12.8 Å². The number of nitrogens with one attached hydrogen (secondary N) is 1. The van der Waals surface area contributed by atoms with Crippen molar-refractivity contribution in [3.8, 4) is 22.8 Å². The van der Waals surface area contributed by atoms with Crippen LogP contribution in [0.1, 0.15) is 36.8 Å². The van der Waals surface area contributed by atoms with Gasteiger partial charge < -0.3 is 25.0 Å². The van der Waals surface area contributed by atoms with E-state index in [2.05, 4.69) is 20.3 Å². The van der Waals surface area contributed by atoms with Crippen molar-refractivity contribution in [2.75, 3.05) is 18.5 Å². The molecule has 0 radical (unpaired) electrons. The molecule has 168 valence electrons. The summed E-state index contributed by atoms with van der Waals surface area (Å²) in [6.45, 7) is 0.942. The number of aromatic hydroxyl groups is 1. The average Bonchev–Trinajstić information content (AvgIpc) is 2.96. The first-order valence-electron chi connectivity index (χ1n) is 10.3. The number of aliphatic hydroxyl groups excluding tert-OH is 1. The molecule has 1 saturated carbocycles. The third-order valence-corrected chi connectivity index (χ3v) is 5.69. The molecule has 0 amide bonds. The zero-order valence-corrected chi connectivity index (χ0v) is 16.8. The van der Waals surface area contributed by atoms with Crippen LogP contribution in [-0.4, -0.2) is 52.1 Å². The summed E-state index contributed by atoms with van der Waals surface area (Å²) < 4.78 is 46.9. The van der Waals surface area contributed by atoms with Crippen LogP contribution in [0.3, 0.4) is 0 Å². The quantitative estimate of drug-likeness (QED) is 0.670. The Morgan fingerprint density at radius 1 is 1.06 bits per heavy atom. The van der Waals surface area contributed by atoms with Crippen molar-refractivity contribution in [3.05, 3.63) is 29.3 Å². The fourth-order valence-corrected chi connectivity index (χ4v) is 4.19. The lowest BCUT2D eigenvalue weighted by Crippen LogP contribution is -2.37. The second kappa shape index (κ2) is 8.88. The van der Waals surface area contributed by atoms with Crippen LogP contribution in [0.2, 0.25) is 0 Å². The van der Waals surface area contributed by atoms with E-state index in [1.165, 1.54) is 6.07 Å². The molecule has 7 nitrogen and oxygen atoms in total. The molecule has 2 aliphatic rings. The summed E-state index contributed by atoms with van der Waals surface area (Å²) in [5.74, 6) is -0.320. The number of phenols is 1. The van der Waals surface area contributed by atoms with Crippen LogP contribution in [0.15, 0.2) is 18.2 Å². The Kier molecular flexibility index (Phi) is 6.19. The minimum absolute atomic E-state index is 0.116. The van der Waals surface area contributed by atoms with Crippen molar-refractivity contribution in [2.24, 2.45) is 0 Å². The summed E-state index contributed by atoms with van der Waals surface area (Å²) >= 11 is 0. The van der Waals surface area contributed by atoms with Gasteiger partial charge in [-0.15, -0.1) is 23.4 Å². The first-order valence-corrected chi connectivity index (χ1v) is 10.3. The topological polar surface area (TPSA) is 96.7 Å². The van der Waals surface area contributed by atoms with E-state index < -0.39 is 18.2 Å². The number of anilines is 1. The Balaban J connectivity index is 1.69. The van der Waals surface area contributed by atoms with Crippen molar-refractivity contribution >= 4 is 5.82 Å². The van der Waals surface area contributed by atoms with Gasteiger partial charge in [0.25, 0.3) is 0 Å². The molecule has 2 atom stereocenters. The van der Waals surface area contributed by atoms with Gasteiger partial charge in [0, 0.05) is 17.2 Å². The summed E-state index contributed by atoms with van der Waals surface area (Å²) in [4.78, 5) is 0. The normalized spacial score (nSPS) is 21.8. The molecule has 0 saturated heterocycles. The summed E-state index contributed by atoms with van der Waals surface area (Å²) in [7, 11) is 0. The molecule has 4 rings (SSSR count). The number of aliphatic hydroxyl groups is 1. The summed E-state index contributed by atoms with van der Waals surface area (Å²) in [5, 5.41) is 32.6. The first-order chi connectivity index (χ1) is 14.8. The van der Waals surface area contributed by atoms with Gasteiger partial charge in [-0.2, -0.15) is 0 Å². The third-order valence-electron chi connectivity index (χ3n) is 5.69. The molecule has 2 aromatic rings. The molecule has 0 spiro atoms. The molecular weight excluding hydrogens is 415 g/mol. The molecular formula is C21H24F3N3O4. The van der Waals surface area contributed by atoms with Gasteiger partial charge in [0.15, 0.2) is 5.82 Å². The highest BCUT2D eigenvalue weighted by Crippen LogP contribution is 2.38. The fraction of sp³-hybridized carbons (Fsp3) is 0.524. The fourth-order valence-electron chi connectivity index (χ4n) is 4.19. The van der Waals surface area contributed by atoms with Crippen LogP contribution in [0.4, 0.5) is 19.0 Å². The van der Waals surface area contributed by atoms with Crippen molar-refractivity contribution < 1.29 is 32.9 Å². The third kappa shape index (κ3) is 5.01. The molecule has 2 heterocycles. The van der Waals surface area contributed by atoms with E-state index in [4.69, 9.17) is 4.74 Å². The second-order valence-electron chi connectivity index (χ2n) is 7.80. The van der Waals surface area contributed by atoms with E-state index in [1.54, 1.807) is 0 Å². The number of halogens is 3. The number of hydrogen-bond donors (Lipinski definition) is 3. The van der Waals surface area contributed by atoms with Crippen LogP contribution in [0.25, 0.3) is 11.3 Å². The number of aromatic nitrogens is 2. The number of hydrogen-bond acceptors (Lipinski definition) is 7. The van der Waals surface area contributed by atoms with Gasteiger partial charge in [0.1, 0.15) is 17.2 Å². The van der Waals surface area contributed by atoms with E-state index in [9.17, 15) is 23.4 Å². The molecule has 1 aromatic carbocycles. The van der Waals surface area contributed by atoms with Gasteiger partial charge in [0.05, 0.1) is 25.4 Å². The molecule has 1 aromatic heterocycles. The summed E-state index contributed by atoms with van der Waals surface area (Å²) in [6.07, 6.45) is -0.653. The van der Waals surface area contributed by atoms with E-state index >= 15 is 0 Å². The molecule has 3 N–H and O–H groups in total. The van der Waals surface area contributed by atoms with Crippen molar-refractivity contribution in [1.29, 1.82) is 0 Å². The smallest absolute Gasteiger partial charge is 0.507 e. The molecule has 1 fully saturated rings. The molecule has 31 heavy (non-hydrogen) atoms. The van der Waals surface area contributed by atoms with E-state index in [0.717, 1.165) is 48.9 Å². The summed E-state index contributed by atoms with van der Waals surface area (Å²) in [6, 6.07) is 3.27. The number of fused-ring (bicyclic) bond motifs is 1. The number of rotatable bonds is 4. The number of benzene rings is 1. The lowest BCUT2D eigenvalue weighted by molar-refractivity contribution is -0.274. The van der Waals surface area contributed by atoms with E-state index in [1.807, 2.05) is 0 Å². The van der Waals surface area contributed by atoms with E-state index in [-0.39, 0.29) is 17.4 Å². The van der Waals surface area contributed by atoms with Gasteiger partial charge in [-0.3, -0.25) is 0 Å². The minimum atomic E-state index is -4.85. The van der Waals surface area contributed by atoms with Gasteiger partial charge >= 0.3 is 6.36 Å². The zero-order chi connectivity index (χ0) is 22.0. The van der Waals surface area contributed by atoms with Crippen LogP contribution in [0, 0.1) is 0 Å². The predicted octanol–water partition coefficient (Wildman–Crippen LogP) is 3.58. The van der Waals surface area contributed by atoms with Gasteiger partial charge in [0.2, 0.25) is 0 Å². The molecule has 10 heteroatoms. The highest BCUT2D eigenvalue weighted by atomic mass is 19.4. The predicted molar refractivity (Wildman–Crippen MR) is 106 cm³/mol. The lowest BCUT2D eigenvalue weighted by Gasteiger charge is -2.29. The Labute approximate surface area is 177 Å². The largest absolute Gasteiger partial charge is 0.573 e. The molecule has 0 unspecified atom stereocenters. The summed E-state index contributed by atoms with van der Waals surface area (Å²) in [5.41, 5.74) is 2.37. The standard InChI is InChI=1S/C21H24F3N3O4/c22-21(23,24)31-12-5-6-15(18(29)11-12)19-13-7-9-30-10-8-14(13)20(27-26-19)25-16-3-1-2-4-17(16)28/h5-6,11,16-17,28-29H,1-4,7-10H2,(H,25,27)/t16-,17-/m1/s1. The Bertz CT molecular complexity index is 939. The molecule has 1 aliphatic heterocycles. The SMILES string of the molecule is Oc1cc(OC(F)(F)F)ccc1-c1nnc(N[C@@H]2CCCC[C@H]2O)c2c1CCOCC2. The van der Waals surface area contributed by atoms with Crippen molar-refractivity contribution in [3.63, 3.8) is 0 Å². The first kappa shape index (κ1) is 21.6. The van der Waals surface area contributed by atoms with Crippen molar-refractivity contribution in [2.45, 2.75) is 57.0 Å². The highest BCUT2D eigenvalue weighted by Gasteiger charge is 2.32. The van der Waals surface area contributed by atoms with Crippen LogP contribution >= 0.6 is 0 Å². The zero-order valence-electron chi connectivity index (χ0n) is 16.8. The Morgan fingerprint density at radius 2 is 1.81 bits per heavy atom. The molecule has 0 bridgehead atoms. The number of phenolic OH excluding ortho intramolecular Hbond substituents is 1. The monoisotopic (exact) mass is 439 g/mol. The van der Waals surface area contributed by atoms with Gasteiger partial charge in [-0.05, 0) is 43.4 Å². The maximum atomic E-state index is 12.5. The number of ether oxygens (including phenoxy) is 2. The minimum Gasteiger partial charge on any atom is -0.507 e. The van der Waals surface area contributed by atoms with Crippen molar-refractivity contribution in [1.82, 2.24) is 10.2 Å².